The highest BCUT2D eigenvalue weighted by atomic mass is 79.9. The molecule has 0 spiro atoms. The van der Waals surface area contributed by atoms with Crippen LogP contribution in [0.3, 0.4) is 0 Å². The number of nitrogens with one attached hydrogen (secondary N) is 1. The molecule has 6 heteroatoms. The van der Waals surface area contributed by atoms with E-state index < -0.39 is 5.97 Å². The van der Waals surface area contributed by atoms with Gasteiger partial charge in [0.15, 0.2) is 0 Å². The number of anilines is 2. The maximum absolute atomic E-state index is 11.0. The first-order chi connectivity index (χ1) is 10.0. The molecule has 0 amide bonds. The minimum atomic E-state index is -1.04. The first kappa shape index (κ1) is 14.9. The Balaban J connectivity index is 2.32. The third-order valence-electron chi connectivity index (χ3n) is 2.81. The molecule has 0 aliphatic rings. The van der Waals surface area contributed by atoms with Gasteiger partial charge in [-0.15, -0.1) is 0 Å². The van der Waals surface area contributed by atoms with Crippen LogP contribution >= 0.6 is 15.9 Å². The summed E-state index contributed by atoms with van der Waals surface area (Å²) in [4.78, 5) is 11.0. The molecule has 0 heterocycles. The molecule has 106 valence electrons. The predicted molar refractivity (Wildman–Crippen MR) is 82.1 cm³/mol. The lowest BCUT2D eigenvalue weighted by Crippen LogP contribution is -2.01. The van der Waals surface area contributed by atoms with Crippen molar-refractivity contribution in [3.05, 3.63) is 52.0 Å². The van der Waals surface area contributed by atoms with Crippen LogP contribution in [0.25, 0.3) is 0 Å². The summed E-state index contributed by atoms with van der Waals surface area (Å²) in [6.07, 6.45) is 0. The summed E-state index contributed by atoms with van der Waals surface area (Å²) in [6, 6.07) is 11.9. The zero-order valence-electron chi connectivity index (χ0n) is 11.1. The van der Waals surface area contributed by atoms with Crippen molar-refractivity contribution in [3.8, 4) is 11.8 Å². The number of carbonyl (C=O) groups is 1. The number of benzene rings is 2. The van der Waals surface area contributed by atoms with Gasteiger partial charge < -0.3 is 15.2 Å². The number of hydrogen-bond donors (Lipinski definition) is 2. The molecular weight excluding hydrogens is 336 g/mol. The van der Waals surface area contributed by atoms with E-state index in [1.807, 2.05) is 0 Å². The SMILES string of the molecule is COc1cc(Nc2ccc(C#N)cc2Br)ccc1C(=O)O. The van der Waals surface area contributed by atoms with Crippen LogP contribution in [-0.4, -0.2) is 18.2 Å². The molecule has 5 nitrogen and oxygen atoms in total. The van der Waals surface area contributed by atoms with Gasteiger partial charge in [-0.05, 0) is 46.3 Å². The lowest BCUT2D eigenvalue weighted by molar-refractivity contribution is 0.0693. The van der Waals surface area contributed by atoms with Crippen molar-refractivity contribution >= 4 is 33.3 Å². The maximum Gasteiger partial charge on any atom is 0.339 e. The fourth-order valence-electron chi connectivity index (χ4n) is 1.79. The molecule has 2 aromatic carbocycles. The van der Waals surface area contributed by atoms with Crippen molar-refractivity contribution < 1.29 is 14.6 Å². The average Bonchev–Trinajstić information content (AvgIpc) is 2.48. The number of rotatable bonds is 4. The molecule has 2 rings (SSSR count). The maximum atomic E-state index is 11.0. The first-order valence-electron chi connectivity index (χ1n) is 5.93. The number of carboxylic acid groups (broad SMARTS) is 1. The van der Waals surface area contributed by atoms with Crippen LogP contribution < -0.4 is 10.1 Å². The summed E-state index contributed by atoms with van der Waals surface area (Å²) in [5.74, 6) is -0.768. The van der Waals surface area contributed by atoms with Crippen molar-refractivity contribution in [1.29, 1.82) is 5.26 Å². The molecule has 0 fully saturated rings. The summed E-state index contributed by atoms with van der Waals surface area (Å²) in [5, 5.41) is 21.0. The van der Waals surface area contributed by atoms with E-state index in [0.717, 1.165) is 10.2 Å². The molecule has 0 radical (unpaired) electrons. The quantitative estimate of drug-likeness (QED) is 0.880. The standard InChI is InChI=1S/C15H11BrN2O3/c1-21-14-7-10(3-4-11(14)15(19)20)18-13-5-2-9(8-17)6-12(13)16/h2-7,18H,1H3,(H,19,20). The Morgan fingerprint density at radius 1 is 1.33 bits per heavy atom. The van der Waals surface area contributed by atoms with Crippen LogP contribution in [0.15, 0.2) is 40.9 Å². The van der Waals surface area contributed by atoms with Crippen LogP contribution in [0.4, 0.5) is 11.4 Å². The second kappa shape index (κ2) is 6.29. The van der Waals surface area contributed by atoms with E-state index in [0.29, 0.717) is 11.3 Å². The van der Waals surface area contributed by atoms with Gasteiger partial charge in [-0.3, -0.25) is 0 Å². The molecule has 0 saturated heterocycles. The normalized spacial score (nSPS) is 9.76. The second-order valence-electron chi connectivity index (χ2n) is 4.15. The number of aromatic carboxylic acids is 1. The Morgan fingerprint density at radius 3 is 2.67 bits per heavy atom. The van der Waals surface area contributed by atoms with E-state index in [1.165, 1.54) is 13.2 Å². The lowest BCUT2D eigenvalue weighted by Gasteiger charge is -2.11. The van der Waals surface area contributed by atoms with E-state index >= 15 is 0 Å². The molecule has 2 N–H and O–H groups in total. The van der Waals surface area contributed by atoms with Gasteiger partial charge in [0.2, 0.25) is 0 Å². The fraction of sp³-hybridized carbons (Fsp3) is 0.0667. The van der Waals surface area contributed by atoms with Crippen LogP contribution in [0.5, 0.6) is 5.75 Å². The minimum absolute atomic E-state index is 0.0990. The van der Waals surface area contributed by atoms with Crippen LogP contribution in [0.1, 0.15) is 15.9 Å². The second-order valence-corrected chi connectivity index (χ2v) is 5.01. The number of ether oxygens (including phenoxy) is 1. The van der Waals surface area contributed by atoms with Crippen molar-refractivity contribution in [3.63, 3.8) is 0 Å². The van der Waals surface area contributed by atoms with E-state index in [9.17, 15) is 4.79 Å². The van der Waals surface area contributed by atoms with E-state index in [1.54, 1.807) is 30.3 Å². The van der Waals surface area contributed by atoms with E-state index in [-0.39, 0.29) is 11.3 Å². The van der Waals surface area contributed by atoms with Gasteiger partial charge in [0.1, 0.15) is 11.3 Å². The Labute approximate surface area is 129 Å². The van der Waals surface area contributed by atoms with Crippen molar-refractivity contribution in [2.24, 2.45) is 0 Å². The first-order valence-corrected chi connectivity index (χ1v) is 6.72. The summed E-state index contributed by atoms with van der Waals surface area (Å²) < 4.78 is 5.81. The smallest absolute Gasteiger partial charge is 0.339 e. The van der Waals surface area contributed by atoms with Crippen molar-refractivity contribution in [1.82, 2.24) is 0 Å². The predicted octanol–water partition coefficient (Wildman–Crippen LogP) is 3.77. The summed E-state index contributed by atoms with van der Waals surface area (Å²) in [7, 11) is 1.42. The van der Waals surface area contributed by atoms with Gasteiger partial charge in [-0.1, -0.05) is 0 Å². The van der Waals surface area contributed by atoms with Gasteiger partial charge in [0, 0.05) is 16.2 Å². The van der Waals surface area contributed by atoms with Gasteiger partial charge in [-0.25, -0.2) is 4.79 Å². The highest BCUT2D eigenvalue weighted by Gasteiger charge is 2.11. The van der Waals surface area contributed by atoms with Gasteiger partial charge in [-0.2, -0.15) is 5.26 Å². The molecule has 21 heavy (non-hydrogen) atoms. The molecule has 2 aromatic rings. The Hall–Kier alpha value is -2.52. The van der Waals surface area contributed by atoms with Crippen LogP contribution in [0.2, 0.25) is 0 Å². The van der Waals surface area contributed by atoms with E-state index in [2.05, 4.69) is 27.3 Å². The zero-order valence-corrected chi connectivity index (χ0v) is 12.6. The molecule has 0 atom stereocenters. The Morgan fingerprint density at radius 2 is 2.10 bits per heavy atom. The highest BCUT2D eigenvalue weighted by molar-refractivity contribution is 9.10. The molecule has 0 aromatic heterocycles. The van der Waals surface area contributed by atoms with Gasteiger partial charge >= 0.3 is 5.97 Å². The number of carboxylic acids is 1. The van der Waals surface area contributed by atoms with Gasteiger partial charge in [0.25, 0.3) is 0 Å². The number of nitriles is 1. The minimum Gasteiger partial charge on any atom is -0.496 e. The monoisotopic (exact) mass is 346 g/mol. The Bertz CT molecular complexity index is 738. The van der Waals surface area contributed by atoms with E-state index in [4.69, 9.17) is 15.1 Å². The molecule has 0 aliphatic carbocycles. The van der Waals surface area contributed by atoms with Crippen LogP contribution in [0, 0.1) is 11.3 Å². The highest BCUT2D eigenvalue weighted by Crippen LogP contribution is 2.29. The summed E-state index contributed by atoms with van der Waals surface area (Å²) in [5.41, 5.74) is 2.09. The number of methoxy groups -OCH3 is 1. The average molecular weight is 347 g/mol. The summed E-state index contributed by atoms with van der Waals surface area (Å²) >= 11 is 3.38. The van der Waals surface area contributed by atoms with Crippen molar-refractivity contribution in [2.45, 2.75) is 0 Å². The molecule has 0 unspecified atom stereocenters. The molecule has 0 bridgehead atoms. The summed E-state index contributed by atoms with van der Waals surface area (Å²) in [6.45, 7) is 0. The third kappa shape index (κ3) is 3.33. The largest absolute Gasteiger partial charge is 0.496 e. The number of hydrogen-bond acceptors (Lipinski definition) is 4. The lowest BCUT2D eigenvalue weighted by atomic mass is 10.1. The topological polar surface area (TPSA) is 82.3 Å². The zero-order chi connectivity index (χ0) is 15.4. The third-order valence-corrected chi connectivity index (χ3v) is 3.47. The molecule has 0 saturated carbocycles. The molecule has 0 aliphatic heterocycles. The van der Waals surface area contributed by atoms with Crippen molar-refractivity contribution in [2.75, 3.05) is 12.4 Å². The fourth-order valence-corrected chi connectivity index (χ4v) is 2.27. The number of nitrogens with zero attached hydrogens (tertiary/aromatic N) is 1. The van der Waals surface area contributed by atoms with Crippen LogP contribution in [-0.2, 0) is 0 Å². The van der Waals surface area contributed by atoms with Gasteiger partial charge in [0.05, 0.1) is 24.4 Å². The molecular formula is C15H11BrN2O3. The Kier molecular flexibility index (Phi) is 4.45. The number of halogens is 1.